The Kier molecular flexibility index (Phi) is 21.0. The Morgan fingerprint density at radius 3 is 2.03 bits per heavy atom. The van der Waals surface area contributed by atoms with Crippen LogP contribution in [0.4, 0.5) is 0 Å². The zero-order chi connectivity index (χ0) is 45.6. The summed E-state index contributed by atoms with van der Waals surface area (Å²) in [5.41, 5.74) is 8.46. The van der Waals surface area contributed by atoms with E-state index in [2.05, 4.69) is 81.0 Å². The summed E-state index contributed by atoms with van der Waals surface area (Å²) in [4.78, 5) is 92.0. The molecular formula is C40H59BN14O6P2. The van der Waals surface area contributed by atoms with Crippen molar-refractivity contribution in [3.63, 3.8) is 0 Å². The van der Waals surface area contributed by atoms with Crippen LogP contribution in [-0.4, -0.2) is 114 Å². The molecule has 14 N–H and O–H groups in total. The van der Waals surface area contributed by atoms with E-state index in [1.807, 2.05) is 62.6 Å². The number of hydrogen-bond acceptors (Lipinski definition) is 10. The molecule has 0 spiro atoms. The summed E-state index contributed by atoms with van der Waals surface area (Å²) in [5.74, 6) is -3.80. The number of nitrogens with one attached hydrogen (secondary N) is 12. The number of rotatable bonds is 27. The monoisotopic (exact) mass is 904 g/mol. The van der Waals surface area contributed by atoms with E-state index in [-0.39, 0.29) is 44.6 Å². The quantitative estimate of drug-likeness (QED) is 0.0104. The van der Waals surface area contributed by atoms with Crippen molar-refractivity contribution in [2.45, 2.75) is 81.6 Å². The van der Waals surface area contributed by atoms with Crippen LogP contribution in [0.3, 0.4) is 0 Å². The number of para-hydroxylation sites is 1. The second-order valence-electron chi connectivity index (χ2n) is 14.9. The minimum atomic E-state index is -1.23. The number of benzene rings is 2. The van der Waals surface area contributed by atoms with Gasteiger partial charge in [-0.25, -0.2) is 4.98 Å². The number of aromatic amines is 2. The van der Waals surface area contributed by atoms with Crippen molar-refractivity contribution >= 4 is 79.1 Å². The number of carbonyl (C=O) groups excluding carboxylic acids is 6. The molecule has 20 nitrogen and oxygen atoms in total. The summed E-state index contributed by atoms with van der Waals surface area (Å²) in [6, 6.07) is 11.4. The first-order chi connectivity index (χ1) is 30.4. The lowest BCUT2D eigenvalue weighted by molar-refractivity contribution is -0.134. The summed E-state index contributed by atoms with van der Waals surface area (Å²) in [6.07, 6.45) is 7.34. The van der Waals surface area contributed by atoms with E-state index in [0.29, 0.717) is 24.1 Å². The smallest absolute Gasteiger partial charge is 0.245 e. The van der Waals surface area contributed by atoms with E-state index in [1.54, 1.807) is 12.4 Å². The number of amides is 6. The zero-order valence-corrected chi connectivity index (χ0v) is 37.5. The van der Waals surface area contributed by atoms with Gasteiger partial charge in [-0.2, -0.15) is 0 Å². The summed E-state index contributed by atoms with van der Waals surface area (Å²) < 4.78 is 0. The molecule has 7 atom stereocenters. The average Bonchev–Trinajstić information content (AvgIpc) is 3.96. The highest BCUT2D eigenvalue weighted by molar-refractivity contribution is 7.15. The molecule has 0 saturated heterocycles. The van der Waals surface area contributed by atoms with Crippen molar-refractivity contribution in [2.24, 2.45) is 5.73 Å². The van der Waals surface area contributed by atoms with E-state index in [4.69, 9.17) is 11.1 Å². The van der Waals surface area contributed by atoms with Gasteiger partial charge in [0.25, 0.3) is 0 Å². The van der Waals surface area contributed by atoms with Crippen LogP contribution in [0.15, 0.2) is 73.3 Å². The van der Waals surface area contributed by atoms with Gasteiger partial charge in [0.2, 0.25) is 35.4 Å². The first kappa shape index (κ1) is 49.8. The number of H-pyrrole nitrogens is 2. The molecule has 0 radical (unpaired) electrons. The molecule has 2 aromatic heterocycles. The lowest BCUT2D eigenvalue weighted by atomic mass is 10.0. The van der Waals surface area contributed by atoms with Crippen molar-refractivity contribution in [1.82, 2.24) is 62.3 Å². The van der Waals surface area contributed by atoms with Crippen LogP contribution in [0.1, 0.15) is 48.9 Å². The highest BCUT2D eigenvalue weighted by atomic mass is 31.0. The second-order valence-corrected chi connectivity index (χ2v) is 15.5. The van der Waals surface area contributed by atoms with Gasteiger partial charge in [-0.1, -0.05) is 57.9 Å². The van der Waals surface area contributed by atoms with Crippen molar-refractivity contribution in [3.8, 4) is 0 Å². The van der Waals surface area contributed by atoms with Crippen LogP contribution < -0.4 is 53.0 Å². The lowest BCUT2D eigenvalue weighted by Crippen LogP contribution is -2.59. The van der Waals surface area contributed by atoms with E-state index in [1.165, 1.54) is 6.33 Å². The third-order valence-electron chi connectivity index (χ3n) is 10.1. The third-order valence-corrected chi connectivity index (χ3v) is 10.8. The summed E-state index contributed by atoms with van der Waals surface area (Å²) in [6.45, 7) is 0.464. The van der Waals surface area contributed by atoms with Gasteiger partial charge in [0.05, 0.1) is 18.9 Å². The van der Waals surface area contributed by atoms with E-state index < -0.39 is 72.2 Å². The van der Waals surface area contributed by atoms with Gasteiger partial charge in [-0.3, -0.25) is 39.3 Å². The number of unbranched alkanes of at least 4 members (excludes halogenated alkanes) is 1. The molecule has 2 unspecified atom stereocenters. The fraction of sp³-hybridized carbons (Fsp3) is 0.400. The fourth-order valence-electron chi connectivity index (χ4n) is 6.80. The lowest BCUT2D eigenvalue weighted by Gasteiger charge is -2.26. The van der Waals surface area contributed by atoms with Gasteiger partial charge in [0.1, 0.15) is 24.2 Å². The Balaban J connectivity index is 1.56. The minimum absolute atomic E-state index is 0.00571. The van der Waals surface area contributed by atoms with Gasteiger partial charge in [-0.15, -0.1) is 0 Å². The molecule has 2 heterocycles. The number of guanidine groups is 1. The number of imidazole rings is 1. The van der Waals surface area contributed by atoms with Crippen LogP contribution in [0.25, 0.3) is 10.9 Å². The largest absolute Gasteiger partial charge is 0.370 e. The summed E-state index contributed by atoms with van der Waals surface area (Å²) >= 11 is 0. The third kappa shape index (κ3) is 16.7. The standard InChI is InChI=1S/C40H59BN14O6P2/c41-49-16-7-6-13-30(39(61)55-63)50-34(56)22-47-35(57)32(18-25-20-46-28-12-5-4-11-27(25)28)53-36(58)29(14-8-15-45-40(42)43)51-37(59)31(17-24-9-2-1-3-10-24)52-38(60)33(54-62)19-26-21-44-23-48-26/h1-5,9-12,20-21,23,29-33,46,49,54H,6-8,13-19,22,41,62-63H2,(H,44,48)(H,47,57)(H,50,56)(H,51,59)(H,52,60)(H,53,58)(H,55,61)(H4,42,43,45)/t29-,30-,31+,32-,33-/m0/s1. The van der Waals surface area contributed by atoms with E-state index in [0.717, 1.165) is 29.4 Å². The van der Waals surface area contributed by atoms with Gasteiger partial charge in [-0.05, 0) is 65.2 Å². The predicted molar refractivity (Wildman–Crippen MR) is 249 cm³/mol. The predicted octanol–water partition coefficient (Wildman–Crippen LogP) is -1.80. The molecule has 0 fully saturated rings. The van der Waals surface area contributed by atoms with Crippen molar-refractivity contribution in [3.05, 3.63) is 90.1 Å². The Bertz CT molecular complexity index is 2110. The van der Waals surface area contributed by atoms with Gasteiger partial charge < -0.3 is 57.9 Å². The number of aromatic nitrogens is 3. The molecule has 4 aromatic rings. The summed E-state index contributed by atoms with van der Waals surface area (Å²) in [5, 5.41) is 33.2. The van der Waals surface area contributed by atoms with Crippen molar-refractivity contribution < 1.29 is 28.8 Å². The Morgan fingerprint density at radius 2 is 1.35 bits per heavy atom. The highest BCUT2D eigenvalue weighted by Crippen LogP contribution is 2.19. The maximum Gasteiger partial charge on any atom is 0.245 e. The second kappa shape index (κ2) is 26.6. The SMILES string of the molecule is BNCCCC[C@H](NC(=O)CNC(=O)[C@H](Cc1c[nH]c2ccccc12)NC(=O)[C@H](CCCNC(=N)N)NC(=O)[C@@H](Cc1ccccc1)NC(=O)[C@H](Cc1cnc[nH]1)NP)C(=O)NP. The normalized spacial score (nSPS) is 13.4. The maximum absolute atomic E-state index is 14.3. The van der Waals surface area contributed by atoms with E-state index in [9.17, 15) is 28.8 Å². The van der Waals surface area contributed by atoms with Gasteiger partial charge >= 0.3 is 0 Å². The van der Waals surface area contributed by atoms with Crippen LogP contribution in [0.2, 0.25) is 0 Å². The number of carbonyl (C=O) groups is 6. The molecule has 0 saturated carbocycles. The Hall–Kier alpha value is -5.88. The Labute approximate surface area is 371 Å². The fourth-order valence-corrected chi connectivity index (χ4v) is 7.27. The van der Waals surface area contributed by atoms with Crippen LogP contribution in [0.5, 0.6) is 0 Å². The molecule has 23 heteroatoms. The number of fused-ring (bicyclic) bond motifs is 1. The molecule has 0 bridgehead atoms. The first-order valence-corrected chi connectivity index (χ1v) is 21.8. The van der Waals surface area contributed by atoms with Crippen molar-refractivity contribution in [2.75, 3.05) is 19.6 Å². The molecule has 338 valence electrons. The molecule has 0 aliphatic carbocycles. The number of hydrogen-bond donors (Lipinski definition) is 13. The number of nitrogens with two attached hydrogens (primary N) is 1. The minimum Gasteiger partial charge on any atom is -0.370 e. The summed E-state index contributed by atoms with van der Waals surface area (Å²) in [7, 11) is 6.27. The van der Waals surface area contributed by atoms with Crippen LogP contribution in [0, 0.1) is 5.41 Å². The van der Waals surface area contributed by atoms with Crippen molar-refractivity contribution in [1.29, 1.82) is 5.41 Å². The van der Waals surface area contributed by atoms with Gasteiger partial charge in [0.15, 0.2) is 13.9 Å². The first-order valence-electron chi connectivity index (χ1n) is 20.7. The molecule has 0 aliphatic rings. The van der Waals surface area contributed by atoms with Crippen LogP contribution in [-0.2, 0) is 48.0 Å². The maximum atomic E-state index is 14.3. The molecule has 4 rings (SSSR count). The Morgan fingerprint density at radius 1 is 0.698 bits per heavy atom. The molecule has 63 heavy (non-hydrogen) atoms. The van der Waals surface area contributed by atoms with E-state index >= 15 is 0 Å². The average molecular weight is 905 g/mol. The molecule has 0 aliphatic heterocycles. The zero-order valence-electron chi connectivity index (χ0n) is 35.2. The topological polar surface area (TPSA) is 305 Å². The number of nitrogens with zero attached hydrogens (tertiary/aromatic N) is 1. The highest BCUT2D eigenvalue weighted by Gasteiger charge is 2.32. The molecule has 6 amide bonds. The molecule has 2 aromatic carbocycles. The molecular weight excluding hydrogens is 845 g/mol. The van der Waals surface area contributed by atoms with Gasteiger partial charge in [0, 0.05) is 54.8 Å². The van der Waals surface area contributed by atoms with Crippen LogP contribution >= 0.6 is 18.8 Å².